The normalized spacial score (nSPS) is 11.0. The van der Waals surface area contributed by atoms with E-state index in [0.29, 0.717) is 0 Å². The van der Waals surface area contributed by atoms with Gasteiger partial charge in [0.05, 0.1) is 18.0 Å². The third kappa shape index (κ3) is 2.67. The maximum absolute atomic E-state index is 5.94. The number of halogens is 2. The highest BCUT2D eigenvalue weighted by atomic mass is 79.9. The second-order valence-electron chi connectivity index (χ2n) is 4.14. The number of aromatic nitrogens is 2. The molecule has 2 aromatic rings. The van der Waals surface area contributed by atoms with Crippen molar-refractivity contribution in [2.75, 3.05) is 12.4 Å². The van der Waals surface area contributed by atoms with Crippen LogP contribution < -0.4 is 10.1 Å². The standard InChI is InChI=1S/C12H13BrClN3O/c1-6(2)15-11-10-8(13)4-7(18-3)5-9(10)16-12(14)17-11/h4-6H,1-3H3,(H,15,16,17). The zero-order valence-electron chi connectivity index (χ0n) is 10.3. The summed E-state index contributed by atoms with van der Waals surface area (Å²) in [6.07, 6.45) is 0. The van der Waals surface area contributed by atoms with Crippen LogP contribution in [0.1, 0.15) is 13.8 Å². The number of nitrogens with one attached hydrogen (secondary N) is 1. The van der Waals surface area contributed by atoms with Gasteiger partial charge in [-0.3, -0.25) is 0 Å². The zero-order chi connectivity index (χ0) is 13.3. The third-order valence-corrected chi connectivity index (χ3v) is 3.15. The molecule has 6 heteroatoms. The van der Waals surface area contributed by atoms with Crippen LogP contribution in [0, 0.1) is 0 Å². The van der Waals surface area contributed by atoms with Crippen molar-refractivity contribution in [2.45, 2.75) is 19.9 Å². The van der Waals surface area contributed by atoms with Crippen LogP contribution in [-0.4, -0.2) is 23.1 Å². The van der Waals surface area contributed by atoms with Crippen LogP contribution in [0.25, 0.3) is 10.9 Å². The Labute approximate surface area is 119 Å². The van der Waals surface area contributed by atoms with Crippen LogP contribution in [0.15, 0.2) is 16.6 Å². The Morgan fingerprint density at radius 2 is 2.06 bits per heavy atom. The Morgan fingerprint density at radius 1 is 1.33 bits per heavy atom. The van der Waals surface area contributed by atoms with E-state index < -0.39 is 0 Å². The molecule has 0 saturated carbocycles. The van der Waals surface area contributed by atoms with E-state index in [4.69, 9.17) is 16.3 Å². The predicted molar refractivity (Wildman–Crippen MR) is 77.6 cm³/mol. The smallest absolute Gasteiger partial charge is 0.224 e. The van der Waals surface area contributed by atoms with E-state index in [-0.39, 0.29) is 11.3 Å². The van der Waals surface area contributed by atoms with Crippen LogP contribution >= 0.6 is 27.5 Å². The molecule has 0 aliphatic heterocycles. The maximum atomic E-state index is 5.94. The van der Waals surface area contributed by atoms with Crippen LogP contribution in [0.3, 0.4) is 0 Å². The molecule has 0 saturated heterocycles. The van der Waals surface area contributed by atoms with Gasteiger partial charge in [-0.05, 0) is 47.4 Å². The highest BCUT2D eigenvalue weighted by molar-refractivity contribution is 9.10. The molecular weight excluding hydrogens is 318 g/mol. The second kappa shape index (κ2) is 5.28. The first kappa shape index (κ1) is 13.4. The summed E-state index contributed by atoms with van der Waals surface area (Å²) >= 11 is 9.45. The molecule has 4 nitrogen and oxygen atoms in total. The summed E-state index contributed by atoms with van der Waals surface area (Å²) in [5, 5.41) is 4.37. The van der Waals surface area contributed by atoms with Gasteiger partial charge >= 0.3 is 0 Å². The monoisotopic (exact) mass is 329 g/mol. The Kier molecular flexibility index (Phi) is 3.92. The molecule has 1 aromatic heterocycles. The Balaban J connectivity index is 2.70. The van der Waals surface area contributed by atoms with E-state index in [1.165, 1.54) is 0 Å². The number of rotatable bonds is 3. The summed E-state index contributed by atoms with van der Waals surface area (Å²) in [6, 6.07) is 3.97. The molecule has 1 heterocycles. The Morgan fingerprint density at radius 3 is 2.67 bits per heavy atom. The molecule has 0 aliphatic carbocycles. The molecule has 18 heavy (non-hydrogen) atoms. The van der Waals surface area contributed by atoms with Crippen molar-refractivity contribution < 1.29 is 4.74 Å². The maximum Gasteiger partial charge on any atom is 0.224 e. The molecule has 0 fully saturated rings. The lowest BCUT2D eigenvalue weighted by Crippen LogP contribution is -2.12. The molecule has 2 rings (SSSR count). The average molecular weight is 331 g/mol. The minimum Gasteiger partial charge on any atom is -0.497 e. The molecule has 0 bridgehead atoms. The van der Waals surface area contributed by atoms with Crippen LogP contribution in [0.2, 0.25) is 5.28 Å². The first-order valence-electron chi connectivity index (χ1n) is 5.48. The lowest BCUT2D eigenvalue weighted by atomic mass is 10.2. The van der Waals surface area contributed by atoms with Gasteiger partial charge in [-0.15, -0.1) is 0 Å². The summed E-state index contributed by atoms with van der Waals surface area (Å²) < 4.78 is 6.08. The van der Waals surface area contributed by atoms with Crippen molar-refractivity contribution in [1.82, 2.24) is 9.97 Å². The van der Waals surface area contributed by atoms with E-state index >= 15 is 0 Å². The fourth-order valence-electron chi connectivity index (χ4n) is 1.66. The molecule has 0 spiro atoms. The lowest BCUT2D eigenvalue weighted by Gasteiger charge is -2.13. The summed E-state index contributed by atoms with van der Waals surface area (Å²) in [7, 11) is 1.61. The van der Waals surface area contributed by atoms with Crippen molar-refractivity contribution in [3.8, 4) is 5.75 Å². The minimum atomic E-state index is 0.214. The quantitative estimate of drug-likeness (QED) is 0.868. The number of fused-ring (bicyclic) bond motifs is 1. The van der Waals surface area contributed by atoms with Gasteiger partial charge in [-0.1, -0.05) is 0 Å². The predicted octanol–water partition coefficient (Wildman–Crippen LogP) is 3.87. The number of methoxy groups -OCH3 is 1. The molecule has 0 aliphatic rings. The topological polar surface area (TPSA) is 47.0 Å². The van der Waals surface area contributed by atoms with Crippen molar-refractivity contribution in [3.05, 3.63) is 21.9 Å². The number of anilines is 1. The number of ether oxygens (including phenoxy) is 1. The van der Waals surface area contributed by atoms with Gasteiger partial charge in [0.2, 0.25) is 5.28 Å². The molecule has 0 unspecified atom stereocenters. The summed E-state index contributed by atoms with van der Waals surface area (Å²) in [6.45, 7) is 4.08. The molecule has 0 atom stereocenters. The summed E-state index contributed by atoms with van der Waals surface area (Å²) in [4.78, 5) is 8.45. The van der Waals surface area contributed by atoms with Crippen molar-refractivity contribution in [1.29, 1.82) is 0 Å². The zero-order valence-corrected chi connectivity index (χ0v) is 12.6. The first-order valence-corrected chi connectivity index (χ1v) is 6.65. The van der Waals surface area contributed by atoms with Crippen LogP contribution in [0.5, 0.6) is 5.75 Å². The van der Waals surface area contributed by atoms with E-state index in [2.05, 4.69) is 31.2 Å². The van der Waals surface area contributed by atoms with Gasteiger partial charge in [0.25, 0.3) is 0 Å². The molecule has 0 radical (unpaired) electrons. The Hall–Kier alpha value is -1.07. The van der Waals surface area contributed by atoms with Gasteiger partial charge in [-0.25, -0.2) is 9.97 Å². The Bertz CT molecular complexity index is 589. The lowest BCUT2D eigenvalue weighted by molar-refractivity contribution is 0.415. The number of nitrogens with zero attached hydrogens (tertiary/aromatic N) is 2. The summed E-state index contributed by atoms with van der Waals surface area (Å²) in [5.41, 5.74) is 0.740. The first-order chi connectivity index (χ1) is 8.51. The highest BCUT2D eigenvalue weighted by Gasteiger charge is 2.12. The van der Waals surface area contributed by atoms with Gasteiger partial charge in [0, 0.05) is 16.6 Å². The molecule has 1 N–H and O–H groups in total. The highest BCUT2D eigenvalue weighted by Crippen LogP contribution is 2.33. The van der Waals surface area contributed by atoms with Crippen molar-refractivity contribution in [2.24, 2.45) is 0 Å². The number of benzene rings is 1. The van der Waals surface area contributed by atoms with Crippen molar-refractivity contribution in [3.63, 3.8) is 0 Å². The van der Waals surface area contributed by atoms with Gasteiger partial charge in [0.1, 0.15) is 11.6 Å². The largest absolute Gasteiger partial charge is 0.497 e. The van der Waals surface area contributed by atoms with Gasteiger partial charge in [0.15, 0.2) is 0 Å². The number of hydrogen-bond acceptors (Lipinski definition) is 4. The third-order valence-electron chi connectivity index (χ3n) is 2.36. The fourth-order valence-corrected chi connectivity index (χ4v) is 2.45. The van der Waals surface area contributed by atoms with E-state index in [1.54, 1.807) is 7.11 Å². The molecule has 96 valence electrons. The van der Waals surface area contributed by atoms with Crippen LogP contribution in [0.4, 0.5) is 5.82 Å². The van der Waals surface area contributed by atoms with Gasteiger partial charge < -0.3 is 10.1 Å². The molecule has 1 aromatic carbocycles. The summed E-state index contributed by atoms with van der Waals surface area (Å²) in [5.74, 6) is 1.44. The van der Waals surface area contributed by atoms with E-state index in [1.807, 2.05) is 26.0 Å². The molecule has 0 amide bonds. The second-order valence-corrected chi connectivity index (χ2v) is 5.34. The van der Waals surface area contributed by atoms with E-state index in [9.17, 15) is 0 Å². The van der Waals surface area contributed by atoms with Crippen LogP contribution in [-0.2, 0) is 0 Å². The number of hydrogen-bond donors (Lipinski definition) is 1. The molecular formula is C12H13BrClN3O. The van der Waals surface area contributed by atoms with Gasteiger partial charge in [-0.2, -0.15) is 0 Å². The van der Waals surface area contributed by atoms with E-state index in [0.717, 1.165) is 26.9 Å². The average Bonchev–Trinajstić information content (AvgIpc) is 2.26. The van der Waals surface area contributed by atoms with Crippen molar-refractivity contribution >= 4 is 44.3 Å². The minimum absolute atomic E-state index is 0.214. The SMILES string of the molecule is COc1cc(Br)c2c(NC(C)C)nc(Cl)nc2c1. The fraction of sp³-hybridized carbons (Fsp3) is 0.333.